The third-order valence-corrected chi connectivity index (χ3v) is 13.2. The molecule has 4 radical (unpaired) electrons. The van der Waals surface area contributed by atoms with Crippen molar-refractivity contribution in [1.29, 1.82) is 0 Å². The van der Waals surface area contributed by atoms with E-state index in [-0.39, 0.29) is 100 Å². The van der Waals surface area contributed by atoms with Gasteiger partial charge in [0.15, 0.2) is 0 Å². The smallest absolute Gasteiger partial charge is 0.789 e. The van der Waals surface area contributed by atoms with Crippen molar-refractivity contribution in [1.82, 2.24) is 0 Å². The second-order valence-corrected chi connectivity index (χ2v) is 21.4. The first kappa shape index (κ1) is 100. The predicted molar refractivity (Wildman–Crippen MR) is 372 cm³/mol. The minimum Gasteiger partial charge on any atom is -0.789 e. The van der Waals surface area contributed by atoms with E-state index in [1.807, 2.05) is 24.3 Å². The van der Waals surface area contributed by atoms with E-state index in [0.29, 0.717) is 75.1 Å². The predicted octanol–water partition coefficient (Wildman–Crippen LogP) is 18.8. The minimum absolute atomic E-state index is 0. The molecule has 8 nitrogen and oxygen atoms in total. The van der Waals surface area contributed by atoms with E-state index in [9.17, 15) is 19.2 Å². The number of carbonyl (C=O) groups excluding carboxylic acids is 4. The molecule has 0 aliphatic heterocycles. The topological polar surface area (TPSA) is 105 Å². The van der Waals surface area contributed by atoms with Crippen LogP contribution in [0, 0.1) is 0 Å². The van der Waals surface area contributed by atoms with Gasteiger partial charge in [0.2, 0.25) is 0 Å². The molecule has 0 saturated heterocycles. The van der Waals surface area contributed by atoms with Crippen LogP contribution in [0.4, 0.5) is 0 Å². The second kappa shape index (κ2) is 96.5. The number of unbranched alkanes of at least 4 members (excludes halogenated alkanes) is 36. The Morgan fingerprint density at radius 1 is 0.259 bits per heavy atom. The number of allylic oxidation sites excluding steroid dienone is 4. The standard InChI is InChI=1S/4C16H30O2S.2CH4.H2S.2Sn/c4*1-2-3-4-5-6-7-8-9-10-11-12-13-16(17)18-14-15-19;;;;;/h4*2,19H,1,3-15H2;2*1H4;1H2;;/q;;;;;;;2*+2/p-4. The minimum atomic E-state index is -0.0907. The molecule has 0 heterocycles. The molecule has 0 fully saturated rings. The van der Waals surface area contributed by atoms with Crippen molar-refractivity contribution in [3.8, 4) is 0 Å². The van der Waals surface area contributed by atoms with Gasteiger partial charge >= 0.3 is 71.7 Å². The van der Waals surface area contributed by atoms with Crippen molar-refractivity contribution in [2.75, 3.05) is 49.4 Å². The zero-order chi connectivity index (χ0) is 56.7. The van der Waals surface area contributed by atoms with Gasteiger partial charge in [-0.05, 0) is 77.0 Å². The Morgan fingerprint density at radius 3 is 0.506 bits per heavy atom. The van der Waals surface area contributed by atoms with Crippen LogP contribution in [-0.2, 0) is 88.6 Å². The summed E-state index contributed by atoms with van der Waals surface area (Å²) in [6.07, 6.45) is 59.9. The van der Waals surface area contributed by atoms with E-state index in [0.717, 1.165) is 77.0 Å². The molecule has 0 rings (SSSR count). The van der Waals surface area contributed by atoms with Gasteiger partial charge in [-0.2, -0.15) is 13.5 Å². The molecular formula is C66H126O8S5Sn2. The van der Waals surface area contributed by atoms with Crippen LogP contribution in [0.1, 0.15) is 297 Å². The van der Waals surface area contributed by atoms with E-state index >= 15 is 0 Å². The fraction of sp³-hybridized carbons (Fsp3) is 0.818. The molecule has 0 atom stereocenters. The maximum Gasteiger partial charge on any atom is 2.00 e. The number of hydrogen-bond acceptors (Lipinski definition) is 12. The van der Waals surface area contributed by atoms with Gasteiger partial charge in [-0.15, -0.1) is 49.3 Å². The Morgan fingerprint density at radius 2 is 0.383 bits per heavy atom. The molecule has 0 amide bonds. The van der Waals surface area contributed by atoms with E-state index < -0.39 is 0 Å². The number of rotatable bonds is 56. The number of esters is 4. The fourth-order valence-electron chi connectivity index (χ4n) is 8.09. The maximum atomic E-state index is 11.2. The number of ether oxygens (including phenoxy) is 4. The summed E-state index contributed by atoms with van der Waals surface area (Å²) in [5, 5.41) is 0. The molecule has 0 unspecified atom stereocenters. The van der Waals surface area contributed by atoms with Crippen molar-refractivity contribution in [2.24, 2.45) is 0 Å². The summed E-state index contributed by atoms with van der Waals surface area (Å²) < 4.78 is 19.7. The van der Waals surface area contributed by atoms with Crippen LogP contribution in [0.5, 0.6) is 0 Å². The largest absolute Gasteiger partial charge is 2.00 e. The summed E-state index contributed by atoms with van der Waals surface area (Å²) in [7, 11) is 0. The van der Waals surface area contributed by atoms with E-state index in [4.69, 9.17) is 69.5 Å². The summed E-state index contributed by atoms with van der Waals surface area (Å²) in [5.41, 5.74) is 0. The monoisotopic (exact) mass is 1450 g/mol. The second-order valence-electron chi connectivity index (χ2n) is 19.7. The number of hydrogen-bond donors (Lipinski definition) is 0. The van der Waals surface area contributed by atoms with Crippen LogP contribution in [0.2, 0.25) is 0 Å². The molecule has 0 spiro atoms. The Labute approximate surface area is 566 Å². The van der Waals surface area contributed by atoms with Crippen molar-refractivity contribution in [2.45, 2.75) is 297 Å². The third kappa shape index (κ3) is 105. The Bertz CT molecular complexity index is 1070. The van der Waals surface area contributed by atoms with Crippen LogP contribution in [-0.4, -0.2) is 121 Å². The Hall–Kier alpha value is 0.187. The average molecular weight is 1450 g/mol. The quantitative estimate of drug-likeness (QED) is 0.0145. The molecule has 15 heteroatoms. The van der Waals surface area contributed by atoms with Gasteiger partial charge in [-0.3, -0.25) is 19.2 Å². The molecule has 0 saturated carbocycles. The molecule has 476 valence electrons. The van der Waals surface area contributed by atoms with Gasteiger partial charge in [0, 0.05) is 25.7 Å². The summed E-state index contributed by atoms with van der Waals surface area (Å²) in [5.74, 6) is 1.63. The van der Waals surface area contributed by atoms with Gasteiger partial charge < -0.3 is 69.5 Å². The first-order chi connectivity index (χ1) is 37.2. The first-order valence-electron chi connectivity index (χ1n) is 30.6. The van der Waals surface area contributed by atoms with E-state index in [2.05, 4.69) is 26.3 Å². The Balaban J connectivity index is -0.000000119. The molecule has 0 N–H and O–H groups in total. The van der Waals surface area contributed by atoms with Crippen molar-refractivity contribution in [3.05, 3.63) is 50.6 Å². The molecule has 0 aromatic heterocycles. The molecular weight excluding hydrogens is 1320 g/mol. The fourth-order valence-corrected chi connectivity index (χ4v) is 8.43. The summed E-state index contributed by atoms with van der Waals surface area (Å²) >= 11 is 18.9. The SMILES string of the molecule is C.C.C=CCCCCCCCCCCCC(=O)OCC[S-].C=CCCCCCCCCCCCC(=O)OCC[S-].C=CCCCCCCCCCCCC(=O)OCC[S-].C=CCCCCCCCCCCCC(=O)OCC[S-].S.[Sn+2].[Sn+2]. The van der Waals surface area contributed by atoms with Crippen LogP contribution < -0.4 is 0 Å². The van der Waals surface area contributed by atoms with Crippen LogP contribution in [0.15, 0.2) is 50.6 Å². The maximum absolute atomic E-state index is 11.2. The normalized spacial score (nSPS) is 9.73. The van der Waals surface area contributed by atoms with Gasteiger partial charge in [0.05, 0.1) is 26.4 Å². The summed E-state index contributed by atoms with van der Waals surface area (Å²) in [6, 6.07) is 0. The summed E-state index contributed by atoms with van der Waals surface area (Å²) in [4.78, 5) is 44.7. The first-order valence-corrected chi connectivity index (χ1v) is 32.9. The zero-order valence-electron chi connectivity index (χ0n) is 50.3. The summed E-state index contributed by atoms with van der Waals surface area (Å²) in [6.45, 7) is 16.5. The average Bonchev–Trinajstić information content (AvgIpc) is 3.42. The van der Waals surface area contributed by atoms with E-state index in [1.165, 1.54) is 180 Å². The van der Waals surface area contributed by atoms with Crippen LogP contribution in [0.3, 0.4) is 0 Å². The molecule has 0 aliphatic carbocycles. The molecule has 0 bridgehead atoms. The molecule has 0 aromatic carbocycles. The van der Waals surface area contributed by atoms with Gasteiger partial charge in [0.1, 0.15) is 0 Å². The van der Waals surface area contributed by atoms with Crippen LogP contribution in [0.25, 0.3) is 0 Å². The Kier molecular flexibility index (Phi) is 119. The van der Waals surface area contributed by atoms with Crippen molar-refractivity contribution < 1.29 is 38.1 Å². The molecule has 81 heavy (non-hydrogen) atoms. The van der Waals surface area contributed by atoms with Gasteiger partial charge in [-0.1, -0.05) is 219 Å². The van der Waals surface area contributed by atoms with Gasteiger partial charge in [0.25, 0.3) is 0 Å². The molecule has 0 aliphatic rings. The van der Waals surface area contributed by atoms with Crippen molar-refractivity contribution in [3.63, 3.8) is 0 Å². The van der Waals surface area contributed by atoms with E-state index in [1.54, 1.807) is 0 Å². The third-order valence-electron chi connectivity index (χ3n) is 12.5. The van der Waals surface area contributed by atoms with Crippen molar-refractivity contribution >= 4 is 136 Å². The zero-order valence-corrected chi connectivity index (χ0v) is 60.3. The number of carbonyl (C=O) groups is 4. The molecule has 0 aromatic rings. The van der Waals surface area contributed by atoms with Crippen LogP contribution >= 0.6 is 13.5 Å². The van der Waals surface area contributed by atoms with Gasteiger partial charge in [-0.25, -0.2) is 0 Å².